The molecule has 4 aromatic rings. The van der Waals surface area contributed by atoms with Crippen LogP contribution in [0.2, 0.25) is 0 Å². The Kier molecular flexibility index (Phi) is 8.71. The third kappa shape index (κ3) is 7.80. The molecule has 0 amide bonds. The van der Waals surface area contributed by atoms with Gasteiger partial charge in [-0.25, -0.2) is 9.59 Å². The Balaban J connectivity index is 1.22. The molecular weight excluding hydrogens is 496 g/mol. The quantitative estimate of drug-likeness (QED) is 0.0725. The fraction of sp³-hybridized carbons (Fsp3) is 0.0645. The summed E-state index contributed by atoms with van der Waals surface area (Å²) in [6.45, 7) is 0.133. The lowest BCUT2D eigenvalue weighted by Crippen LogP contribution is -2.13. The molecule has 0 aliphatic rings. The van der Waals surface area contributed by atoms with Crippen molar-refractivity contribution in [2.24, 2.45) is 0 Å². The molecule has 39 heavy (non-hydrogen) atoms. The second-order valence-corrected chi connectivity index (χ2v) is 8.42. The molecule has 0 aromatic heterocycles. The summed E-state index contributed by atoms with van der Waals surface area (Å²) in [4.78, 5) is 36.8. The first-order valence-corrected chi connectivity index (χ1v) is 12.0. The predicted molar refractivity (Wildman–Crippen MR) is 149 cm³/mol. The second-order valence-electron chi connectivity index (χ2n) is 8.42. The van der Waals surface area contributed by atoms with Crippen molar-refractivity contribution in [3.05, 3.63) is 125 Å². The highest BCUT2D eigenvalue weighted by atomic mass is 16.6. The van der Waals surface area contributed by atoms with Gasteiger partial charge >= 0.3 is 11.9 Å². The average Bonchev–Trinajstić information content (AvgIpc) is 2.95. The van der Waals surface area contributed by atoms with Crippen LogP contribution in [0.4, 0.5) is 11.4 Å². The van der Waals surface area contributed by atoms with Crippen LogP contribution in [0.1, 0.15) is 36.6 Å². The molecule has 0 atom stereocenters. The lowest BCUT2D eigenvalue weighted by molar-refractivity contribution is 0.0450. The minimum absolute atomic E-state index is 0.0168. The van der Waals surface area contributed by atoms with Gasteiger partial charge < -0.3 is 25.7 Å². The molecule has 4 N–H and O–H groups in total. The Morgan fingerprint density at radius 1 is 0.641 bits per heavy atom. The van der Waals surface area contributed by atoms with Crippen LogP contribution in [0.25, 0.3) is 6.08 Å². The number of ether oxygens (including phenoxy) is 3. The van der Waals surface area contributed by atoms with E-state index in [0.717, 1.165) is 5.56 Å². The number of carbonyl (C=O) groups is 3. The second kappa shape index (κ2) is 12.7. The SMILES string of the molecule is Nc1cc(N)cc(C(=O)OCCOc2ccc(C(=O)Oc3ccc(/C=C/C(=O)c4ccccc4)cc3)cc2)c1. The van der Waals surface area contributed by atoms with E-state index in [1.54, 1.807) is 72.8 Å². The third-order valence-corrected chi connectivity index (χ3v) is 5.46. The molecule has 0 aliphatic carbocycles. The summed E-state index contributed by atoms with van der Waals surface area (Å²) in [5, 5.41) is 0. The van der Waals surface area contributed by atoms with Gasteiger partial charge in [-0.1, -0.05) is 48.5 Å². The molecule has 0 spiro atoms. The highest BCUT2D eigenvalue weighted by Crippen LogP contribution is 2.18. The normalized spacial score (nSPS) is 10.7. The fourth-order valence-corrected chi connectivity index (χ4v) is 3.54. The summed E-state index contributed by atoms with van der Waals surface area (Å²) >= 11 is 0. The maximum absolute atomic E-state index is 12.5. The Labute approximate surface area is 225 Å². The molecule has 0 radical (unpaired) electrons. The van der Waals surface area contributed by atoms with Gasteiger partial charge in [0.2, 0.25) is 0 Å². The van der Waals surface area contributed by atoms with Crippen molar-refractivity contribution in [3.63, 3.8) is 0 Å². The molecule has 0 heterocycles. The van der Waals surface area contributed by atoms with E-state index in [-0.39, 0.29) is 24.6 Å². The van der Waals surface area contributed by atoms with Crippen molar-refractivity contribution in [2.75, 3.05) is 24.7 Å². The molecule has 0 saturated heterocycles. The Morgan fingerprint density at radius 2 is 1.28 bits per heavy atom. The van der Waals surface area contributed by atoms with Gasteiger partial charge in [-0.05, 0) is 66.2 Å². The molecule has 0 saturated carbocycles. The Morgan fingerprint density at radius 3 is 1.95 bits per heavy atom. The zero-order valence-corrected chi connectivity index (χ0v) is 20.9. The summed E-state index contributed by atoms with van der Waals surface area (Å²) in [7, 11) is 0. The molecule has 4 aromatic carbocycles. The van der Waals surface area contributed by atoms with Gasteiger partial charge in [-0.3, -0.25) is 4.79 Å². The summed E-state index contributed by atoms with van der Waals surface area (Å²) in [5.41, 5.74) is 14.1. The first-order chi connectivity index (χ1) is 18.9. The largest absolute Gasteiger partial charge is 0.490 e. The first-order valence-electron chi connectivity index (χ1n) is 12.0. The van der Waals surface area contributed by atoms with E-state index < -0.39 is 11.9 Å². The van der Waals surface area contributed by atoms with E-state index in [2.05, 4.69) is 0 Å². The number of hydrogen-bond acceptors (Lipinski definition) is 8. The number of carbonyl (C=O) groups excluding carboxylic acids is 3. The molecule has 0 bridgehead atoms. The van der Waals surface area contributed by atoms with Gasteiger partial charge in [0.1, 0.15) is 24.7 Å². The van der Waals surface area contributed by atoms with Crippen molar-refractivity contribution in [1.29, 1.82) is 0 Å². The molecule has 0 unspecified atom stereocenters. The van der Waals surface area contributed by atoms with Gasteiger partial charge in [-0.2, -0.15) is 0 Å². The van der Waals surface area contributed by atoms with Crippen LogP contribution in [0.15, 0.2) is 103 Å². The van der Waals surface area contributed by atoms with Gasteiger partial charge in [0.25, 0.3) is 0 Å². The van der Waals surface area contributed by atoms with Crippen molar-refractivity contribution in [2.45, 2.75) is 0 Å². The number of anilines is 2. The molecule has 0 aliphatic heterocycles. The van der Waals surface area contributed by atoms with Crippen LogP contribution in [0.3, 0.4) is 0 Å². The number of allylic oxidation sites excluding steroid dienone is 1. The smallest absolute Gasteiger partial charge is 0.343 e. The highest BCUT2D eigenvalue weighted by molar-refractivity contribution is 6.06. The van der Waals surface area contributed by atoms with Crippen LogP contribution < -0.4 is 20.9 Å². The van der Waals surface area contributed by atoms with Crippen LogP contribution in [0, 0.1) is 0 Å². The Hall–Kier alpha value is -5.37. The zero-order valence-electron chi connectivity index (χ0n) is 20.9. The molecular formula is C31H26N2O6. The van der Waals surface area contributed by atoms with Gasteiger partial charge in [-0.15, -0.1) is 0 Å². The summed E-state index contributed by atoms with van der Waals surface area (Å²) in [6.07, 6.45) is 3.20. The van der Waals surface area contributed by atoms with Crippen LogP contribution in [-0.4, -0.2) is 30.9 Å². The number of hydrogen-bond donors (Lipinski definition) is 2. The van der Waals surface area contributed by atoms with Crippen LogP contribution >= 0.6 is 0 Å². The van der Waals surface area contributed by atoms with E-state index in [1.165, 1.54) is 18.2 Å². The summed E-state index contributed by atoms with van der Waals surface area (Å²) in [6, 6.07) is 26.7. The molecule has 8 nitrogen and oxygen atoms in total. The number of benzene rings is 4. The van der Waals surface area contributed by atoms with E-state index in [9.17, 15) is 14.4 Å². The van der Waals surface area contributed by atoms with Crippen molar-refractivity contribution in [3.8, 4) is 11.5 Å². The number of nitrogens with two attached hydrogens (primary N) is 2. The summed E-state index contributed by atoms with van der Waals surface area (Å²) in [5.74, 6) is -0.310. The standard InChI is InChI=1S/C31H26N2O6/c32-25-18-24(19-26(33)20-25)30(35)38-17-16-37-27-13-9-23(10-14-27)31(36)39-28-11-6-21(7-12-28)8-15-29(34)22-4-2-1-3-5-22/h1-15,18-20H,16-17,32-33H2/b15-8+. The van der Waals surface area contributed by atoms with E-state index in [4.69, 9.17) is 25.7 Å². The Bertz CT molecular complexity index is 1460. The molecule has 4 rings (SSSR count). The van der Waals surface area contributed by atoms with E-state index in [0.29, 0.717) is 34.0 Å². The lowest BCUT2D eigenvalue weighted by Gasteiger charge is -2.09. The fourth-order valence-electron chi connectivity index (χ4n) is 3.54. The van der Waals surface area contributed by atoms with Crippen molar-refractivity contribution >= 4 is 35.2 Å². The number of rotatable bonds is 10. The number of esters is 2. The van der Waals surface area contributed by atoms with Crippen LogP contribution in [-0.2, 0) is 4.74 Å². The number of ketones is 1. The van der Waals surface area contributed by atoms with E-state index >= 15 is 0 Å². The molecule has 8 heteroatoms. The van der Waals surface area contributed by atoms with Crippen molar-refractivity contribution < 1.29 is 28.6 Å². The lowest BCUT2D eigenvalue weighted by atomic mass is 10.1. The zero-order chi connectivity index (χ0) is 27.6. The monoisotopic (exact) mass is 522 g/mol. The summed E-state index contributed by atoms with van der Waals surface area (Å²) < 4.78 is 16.2. The van der Waals surface area contributed by atoms with Gasteiger partial charge in [0.15, 0.2) is 5.78 Å². The van der Waals surface area contributed by atoms with E-state index in [1.807, 2.05) is 18.2 Å². The third-order valence-electron chi connectivity index (χ3n) is 5.46. The molecule has 0 fully saturated rings. The molecule has 196 valence electrons. The van der Waals surface area contributed by atoms with Gasteiger partial charge in [0, 0.05) is 16.9 Å². The topological polar surface area (TPSA) is 131 Å². The predicted octanol–water partition coefficient (Wildman–Crippen LogP) is 5.20. The van der Waals surface area contributed by atoms with Gasteiger partial charge in [0.05, 0.1) is 11.1 Å². The maximum atomic E-state index is 12.5. The maximum Gasteiger partial charge on any atom is 0.343 e. The minimum atomic E-state index is -0.555. The van der Waals surface area contributed by atoms with Crippen LogP contribution in [0.5, 0.6) is 11.5 Å². The highest BCUT2D eigenvalue weighted by Gasteiger charge is 2.11. The first kappa shape index (κ1) is 26.7. The average molecular weight is 523 g/mol. The van der Waals surface area contributed by atoms with Crippen molar-refractivity contribution in [1.82, 2.24) is 0 Å². The minimum Gasteiger partial charge on any atom is -0.490 e. The number of nitrogen functional groups attached to an aromatic ring is 2.